The van der Waals surface area contributed by atoms with Crippen molar-refractivity contribution in [1.82, 2.24) is 10.2 Å². The number of rotatable bonds is 5. The second kappa shape index (κ2) is 5.81. The van der Waals surface area contributed by atoms with E-state index in [4.69, 9.17) is 4.74 Å². The molecule has 2 fully saturated rings. The van der Waals surface area contributed by atoms with E-state index in [0.717, 1.165) is 12.8 Å². The fourth-order valence-electron chi connectivity index (χ4n) is 2.73. The van der Waals surface area contributed by atoms with Crippen LogP contribution in [0.25, 0.3) is 0 Å². The molecule has 0 aromatic rings. The smallest absolute Gasteiger partial charge is 0.329 e. The first-order valence-electron chi connectivity index (χ1n) is 7.34. The number of hydrogen-bond acceptors (Lipinski definition) is 4. The molecule has 2 rings (SSSR count). The molecule has 1 saturated carbocycles. The first-order chi connectivity index (χ1) is 9.77. The van der Waals surface area contributed by atoms with Gasteiger partial charge < -0.3 is 25.2 Å². The van der Waals surface area contributed by atoms with Gasteiger partial charge in [0, 0.05) is 33.1 Å². The van der Waals surface area contributed by atoms with Crippen molar-refractivity contribution in [2.75, 3.05) is 26.8 Å². The number of nitrogens with one attached hydrogen (secondary N) is 1. The number of nitrogens with zero attached hydrogens (tertiary/aromatic N) is 1. The number of aliphatic hydroxyl groups is 1. The van der Waals surface area contributed by atoms with Gasteiger partial charge in [-0.15, -0.1) is 0 Å². The third-order valence-corrected chi connectivity index (χ3v) is 4.51. The second-order valence-corrected chi connectivity index (χ2v) is 6.40. The maximum absolute atomic E-state index is 12.2. The van der Waals surface area contributed by atoms with Crippen LogP contribution in [0.3, 0.4) is 0 Å². The van der Waals surface area contributed by atoms with E-state index in [9.17, 15) is 19.8 Å². The Kier molecular flexibility index (Phi) is 4.43. The van der Waals surface area contributed by atoms with Crippen molar-refractivity contribution in [2.24, 2.45) is 5.92 Å². The molecule has 0 radical (unpaired) electrons. The van der Waals surface area contributed by atoms with E-state index in [0.29, 0.717) is 26.1 Å². The van der Waals surface area contributed by atoms with Crippen molar-refractivity contribution >= 4 is 12.0 Å². The minimum Gasteiger partial charge on any atom is -0.480 e. The van der Waals surface area contributed by atoms with E-state index in [-0.39, 0.29) is 12.5 Å². The molecule has 7 heteroatoms. The van der Waals surface area contributed by atoms with Crippen LogP contribution in [0.15, 0.2) is 0 Å². The van der Waals surface area contributed by atoms with E-state index in [1.807, 2.05) is 0 Å². The van der Waals surface area contributed by atoms with E-state index in [1.165, 1.54) is 4.90 Å². The van der Waals surface area contributed by atoms with Crippen molar-refractivity contribution in [1.29, 1.82) is 0 Å². The Bertz CT molecular complexity index is 418. The SMILES string of the molecule is CN(CC1(O)CCOCC1)C(=O)NC(C)(C(=O)O)C1CC1. The van der Waals surface area contributed by atoms with Gasteiger partial charge in [-0.1, -0.05) is 0 Å². The average molecular weight is 300 g/mol. The number of carboxylic acids is 1. The highest BCUT2D eigenvalue weighted by atomic mass is 16.5. The Labute approximate surface area is 124 Å². The van der Waals surface area contributed by atoms with Crippen LogP contribution < -0.4 is 5.32 Å². The molecule has 2 aliphatic rings. The standard InChI is InChI=1S/C14H24N2O5/c1-13(11(17)18,10-3-4-10)15-12(19)16(2)9-14(20)5-7-21-8-6-14/h10,20H,3-9H2,1-2H3,(H,15,19)(H,17,18). The predicted molar refractivity (Wildman–Crippen MR) is 74.9 cm³/mol. The molecule has 1 saturated heterocycles. The average Bonchev–Trinajstić information content (AvgIpc) is 3.23. The number of hydrogen-bond donors (Lipinski definition) is 3. The summed E-state index contributed by atoms with van der Waals surface area (Å²) in [7, 11) is 1.57. The van der Waals surface area contributed by atoms with Gasteiger partial charge in [0.05, 0.1) is 12.1 Å². The van der Waals surface area contributed by atoms with Gasteiger partial charge in [-0.05, 0) is 25.7 Å². The van der Waals surface area contributed by atoms with E-state index in [1.54, 1.807) is 14.0 Å². The summed E-state index contributed by atoms with van der Waals surface area (Å²) >= 11 is 0. The molecule has 0 spiro atoms. The molecule has 0 bridgehead atoms. The van der Waals surface area contributed by atoms with Crippen molar-refractivity contribution in [2.45, 2.75) is 43.7 Å². The number of amides is 2. The van der Waals surface area contributed by atoms with E-state index >= 15 is 0 Å². The zero-order valence-corrected chi connectivity index (χ0v) is 12.6. The van der Waals surface area contributed by atoms with E-state index < -0.39 is 23.1 Å². The third kappa shape index (κ3) is 3.65. The minimum atomic E-state index is -1.23. The Balaban J connectivity index is 1.94. The van der Waals surface area contributed by atoms with Crippen LogP contribution in [0, 0.1) is 5.92 Å². The molecule has 1 aliphatic carbocycles. The molecule has 1 aliphatic heterocycles. The lowest BCUT2D eigenvalue weighted by Crippen LogP contribution is -2.58. The predicted octanol–water partition coefficient (Wildman–Crippen LogP) is 0.423. The molecule has 2 amide bonds. The van der Waals surface area contributed by atoms with Crippen molar-refractivity contribution in [3.63, 3.8) is 0 Å². The summed E-state index contributed by atoms with van der Waals surface area (Å²) in [5.41, 5.74) is -2.19. The van der Waals surface area contributed by atoms with Crippen LogP contribution in [0.4, 0.5) is 4.79 Å². The molecule has 0 aromatic heterocycles. The van der Waals surface area contributed by atoms with Crippen LogP contribution in [0.1, 0.15) is 32.6 Å². The van der Waals surface area contributed by atoms with Crippen LogP contribution in [0.5, 0.6) is 0 Å². The maximum Gasteiger partial charge on any atom is 0.329 e. The van der Waals surface area contributed by atoms with Gasteiger partial charge in [-0.2, -0.15) is 0 Å². The molecule has 0 aromatic carbocycles. The van der Waals surface area contributed by atoms with E-state index in [2.05, 4.69) is 5.32 Å². The number of likely N-dealkylation sites (N-methyl/N-ethyl adjacent to an activating group) is 1. The van der Waals surface area contributed by atoms with Crippen molar-refractivity contribution < 1.29 is 24.5 Å². The van der Waals surface area contributed by atoms with Gasteiger partial charge >= 0.3 is 12.0 Å². The van der Waals surface area contributed by atoms with Crippen molar-refractivity contribution in [3.05, 3.63) is 0 Å². The zero-order valence-electron chi connectivity index (χ0n) is 12.6. The monoisotopic (exact) mass is 300 g/mol. The molecular formula is C14H24N2O5. The Morgan fingerprint density at radius 1 is 1.38 bits per heavy atom. The normalized spacial score (nSPS) is 24.0. The first-order valence-corrected chi connectivity index (χ1v) is 7.34. The third-order valence-electron chi connectivity index (χ3n) is 4.51. The van der Waals surface area contributed by atoms with Gasteiger partial charge in [0.25, 0.3) is 0 Å². The zero-order chi connectivity index (χ0) is 15.7. The summed E-state index contributed by atoms with van der Waals surface area (Å²) in [5, 5.41) is 22.4. The fraction of sp³-hybridized carbons (Fsp3) is 0.857. The second-order valence-electron chi connectivity index (χ2n) is 6.40. The molecule has 1 unspecified atom stereocenters. The van der Waals surface area contributed by atoms with Crippen molar-refractivity contribution in [3.8, 4) is 0 Å². The van der Waals surface area contributed by atoms with Gasteiger partial charge in [0.15, 0.2) is 0 Å². The number of carbonyl (C=O) groups excluding carboxylic acids is 1. The number of urea groups is 1. The first kappa shape index (κ1) is 16.0. The number of carboxylic acid groups (broad SMARTS) is 1. The largest absolute Gasteiger partial charge is 0.480 e. The summed E-state index contributed by atoms with van der Waals surface area (Å²) in [6, 6.07) is -0.466. The number of aliphatic carboxylic acids is 1. The highest BCUT2D eigenvalue weighted by Gasteiger charge is 2.49. The molecule has 7 nitrogen and oxygen atoms in total. The Morgan fingerprint density at radius 3 is 2.43 bits per heavy atom. The summed E-state index contributed by atoms with van der Waals surface area (Å²) < 4.78 is 5.20. The minimum absolute atomic E-state index is 0.0153. The molecule has 1 atom stereocenters. The summed E-state index contributed by atoms with van der Waals surface area (Å²) in [4.78, 5) is 25.0. The molecule has 120 valence electrons. The number of ether oxygens (including phenoxy) is 1. The molecule has 3 N–H and O–H groups in total. The lowest BCUT2D eigenvalue weighted by molar-refractivity contribution is -0.144. The molecule has 21 heavy (non-hydrogen) atoms. The Hall–Kier alpha value is -1.34. The van der Waals surface area contributed by atoms with Gasteiger partial charge in [-0.25, -0.2) is 9.59 Å². The van der Waals surface area contributed by atoms with Crippen LogP contribution in [-0.4, -0.2) is 65.1 Å². The quantitative estimate of drug-likeness (QED) is 0.683. The summed E-state index contributed by atoms with van der Waals surface area (Å²) in [6.45, 7) is 2.66. The van der Waals surface area contributed by atoms with Crippen LogP contribution in [0.2, 0.25) is 0 Å². The lowest BCUT2D eigenvalue weighted by Gasteiger charge is -2.36. The van der Waals surface area contributed by atoms with Crippen LogP contribution >= 0.6 is 0 Å². The van der Waals surface area contributed by atoms with Gasteiger partial charge in [-0.3, -0.25) is 0 Å². The van der Waals surface area contributed by atoms with Gasteiger partial charge in [0.2, 0.25) is 0 Å². The summed E-state index contributed by atoms with van der Waals surface area (Å²) in [6.07, 6.45) is 2.58. The highest BCUT2D eigenvalue weighted by molar-refractivity contribution is 5.86. The fourth-order valence-corrected chi connectivity index (χ4v) is 2.73. The van der Waals surface area contributed by atoms with Gasteiger partial charge in [0.1, 0.15) is 5.54 Å². The summed E-state index contributed by atoms with van der Waals surface area (Å²) in [5.74, 6) is -1.03. The topological polar surface area (TPSA) is 99.1 Å². The molecule has 1 heterocycles. The lowest BCUT2D eigenvalue weighted by atomic mass is 9.93. The number of carbonyl (C=O) groups is 2. The van der Waals surface area contributed by atoms with Crippen LogP contribution in [-0.2, 0) is 9.53 Å². The highest BCUT2D eigenvalue weighted by Crippen LogP contribution is 2.39. The molecular weight excluding hydrogens is 276 g/mol. The maximum atomic E-state index is 12.2. The Morgan fingerprint density at radius 2 is 1.95 bits per heavy atom.